The van der Waals surface area contributed by atoms with Gasteiger partial charge in [-0.05, 0) is 56.7 Å². The van der Waals surface area contributed by atoms with Gasteiger partial charge in [0, 0.05) is 19.4 Å². The molecule has 1 aliphatic heterocycles. The van der Waals surface area contributed by atoms with Crippen LogP contribution in [0.5, 0.6) is 0 Å². The number of aromatic nitrogens is 2. The van der Waals surface area contributed by atoms with Crippen molar-refractivity contribution in [1.29, 1.82) is 0 Å². The number of esters is 1. The second kappa shape index (κ2) is 11.3. The lowest BCUT2D eigenvalue weighted by Crippen LogP contribution is -2.45. The number of rotatable bonds is 1. The number of cyclic esters (lactones) is 1. The first-order chi connectivity index (χ1) is 16.8. The van der Waals surface area contributed by atoms with Gasteiger partial charge in [0.05, 0.1) is 35.1 Å². The van der Waals surface area contributed by atoms with Crippen molar-refractivity contribution >= 4 is 22.8 Å². The van der Waals surface area contributed by atoms with E-state index in [2.05, 4.69) is 18.0 Å². The summed E-state index contributed by atoms with van der Waals surface area (Å²) in [6.45, 7) is 10.9. The van der Waals surface area contributed by atoms with Crippen molar-refractivity contribution in [3.05, 3.63) is 41.2 Å². The Morgan fingerprint density at radius 3 is 2.53 bits per heavy atom. The van der Waals surface area contributed by atoms with Gasteiger partial charge in [-0.25, -0.2) is 4.98 Å². The maximum absolute atomic E-state index is 13.2. The Labute approximate surface area is 214 Å². The summed E-state index contributed by atoms with van der Waals surface area (Å²) in [4.78, 5) is 30.8. The van der Waals surface area contributed by atoms with E-state index in [1.54, 1.807) is 20.8 Å². The molecule has 1 aromatic heterocycles. The molecule has 0 saturated heterocycles. The van der Waals surface area contributed by atoms with Crippen LogP contribution in [0.3, 0.4) is 0 Å². The van der Waals surface area contributed by atoms with Gasteiger partial charge >= 0.3 is 5.97 Å². The molecular weight excluding hydrogens is 456 g/mol. The molecule has 1 aromatic carbocycles. The van der Waals surface area contributed by atoms with Crippen LogP contribution in [0.2, 0.25) is 0 Å². The number of aliphatic hydroxyl groups is 2. The molecule has 0 saturated carbocycles. The van der Waals surface area contributed by atoms with Gasteiger partial charge < -0.3 is 19.5 Å². The average molecular weight is 499 g/mol. The van der Waals surface area contributed by atoms with Crippen molar-refractivity contribution in [2.24, 2.45) is 24.3 Å². The van der Waals surface area contributed by atoms with Crippen LogP contribution in [0.15, 0.2) is 29.8 Å². The fourth-order valence-electron chi connectivity index (χ4n) is 5.09. The van der Waals surface area contributed by atoms with Gasteiger partial charge in [0.15, 0.2) is 0 Å². The van der Waals surface area contributed by atoms with Gasteiger partial charge in [0.25, 0.3) is 0 Å². The van der Waals surface area contributed by atoms with Gasteiger partial charge in [-0.1, -0.05) is 45.4 Å². The number of aryl methyl sites for hydroxylation is 2. The van der Waals surface area contributed by atoms with Crippen LogP contribution in [0, 0.1) is 24.2 Å². The van der Waals surface area contributed by atoms with Crippen molar-refractivity contribution in [3.63, 3.8) is 0 Å². The van der Waals surface area contributed by atoms with E-state index in [0.717, 1.165) is 41.7 Å². The van der Waals surface area contributed by atoms with Gasteiger partial charge in [0.2, 0.25) is 0 Å². The van der Waals surface area contributed by atoms with E-state index < -0.39 is 35.6 Å². The number of imidazole rings is 1. The summed E-state index contributed by atoms with van der Waals surface area (Å²) in [5, 5.41) is 21.7. The van der Waals surface area contributed by atoms with E-state index in [1.807, 2.05) is 43.7 Å². The number of carbonyl (C=O) groups is 2. The Hall–Kier alpha value is -2.51. The Bertz CT molecular complexity index is 1130. The molecule has 5 atom stereocenters. The molecule has 198 valence electrons. The highest BCUT2D eigenvalue weighted by molar-refractivity contribution is 5.88. The Kier molecular flexibility index (Phi) is 8.78. The molecule has 7 heteroatoms. The monoisotopic (exact) mass is 498 g/mol. The number of fused-ring (bicyclic) bond motifs is 1. The van der Waals surface area contributed by atoms with Crippen molar-refractivity contribution in [2.75, 3.05) is 0 Å². The minimum absolute atomic E-state index is 0.0520. The topological polar surface area (TPSA) is 102 Å². The molecule has 2 N–H and O–H groups in total. The zero-order chi connectivity index (χ0) is 26.8. The van der Waals surface area contributed by atoms with Crippen LogP contribution in [-0.4, -0.2) is 43.7 Å². The van der Waals surface area contributed by atoms with Crippen LogP contribution >= 0.6 is 0 Å². The number of carbonyl (C=O) groups excluding carboxylic acids is 2. The molecule has 0 bridgehead atoms. The van der Waals surface area contributed by atoms with E-state index in [-0.39, 0.29) is 18.1 Å². The largest absolute Gasteiger partial charge is 0.457 e. The quantitative estimate of drug-likeness (QED) is 0.425. The molecular formula is C29H42N2O5. The van der Waals surface area contributed by atoms with Crippen LogP contribution < -0.4 is 0 Å². The highest BCUT2D eigenvalue weighted by Crippen LogP contribution is 2.33. The molecule has 0 aliphatic carbocycles. The summed E-state index contributed by atoms with van der Waals surface area (Å²) < 4.78 is 7.91. The zero-order valence-corrected chi connectivity index (χ0v) is 22.7. The molecule has 7 nitrogen and oxygen atoms in total. The van der Waals surface area contributed by atoms with E-state index in [4.69, 9.17) is 4.74 Å². The van der Waals surface area contributed by atoms with Crippen molar-refractivity contribution in [2.45, 2.75) is 92.0 Å². The number of nitrogens with zero attached hydrogens (tertiary/aromatic N) is 2. The first-order valence-corrected chi connectivity index (χ1v) is 13.0. The summed E-state index contributed by atoms with van der Waals surface area (Å²) in [7, 11) is 1.97. The van der Waals surface area contributed by atoms with Crippen LogP contribution in [0.1, 0.15) is 84.2 Å². The number of allylic oxidation sites excluding steroid dienone is 1. The van der Waals surface area contributed by atoms with Crippen LogP contribution in [0.4, 0.5) is 0 Å². The zero-order valence-electron chi connectivity index (χ0n) is 22.7. The van der Waals surface area contributed by atoms with Crippen molar-refractivity contribution in [1.82, 2.24) is 9.55 Å². The number of ketones is 1. The Morgan fingerprint density at radius 1 is 1.14 bits per heavy atom. The molecule has 0 fully saturated rings. The fourth-order valence-corrected chi connectivity index (χ4v) is 5.09. The maximum Gasteiger partial charge on any atom is 0.309 e. The van der Waals surface area contributed by atoms with Gasteiger partial charge in [0.1, 0.15) is 17.7 Å². The highest BCUT2D eigenvalue weighted by Gasteiger charge is 2.42. The Morgan fingerprint density at radius 2 is 1.83 bits per heavy atom. The van der Waals surface area contributed by atoms with Crippen LogP contribution in [-0.2, 0) is 21.4 Å². The predicted molar refractivity (Wildman–Crippen MR) is 140 cm³/mol. The summed E-state index contributed by atoms with van der Waals surface area (Å²) in [5.74, 6) is -0.616. The van der Waals surface area contributed by atoms with Gasteiger partial charge in [-0.15, -0.1) is 0 Å². The second-order valence-electron chi connectivity index (χ2n) is 11.2. The first kappa shape index (κ1) is 28.1. The highest BCUT2D eigenvalue weighted by atomic mass is 16.5. The van der Waals surface area contributed by atoms with E-state index >= 15 is 0 Å². The lowest BCUT2D eigenvalue weighted by molar-refractivity contribution is -0.155. The SMILES string of the molecule is CC1=CC[C@@H](c2ccc3c(c2)nc(C)n3C)OC(=O)CC(O)C(C)(C)C(=O)C(C)[C@@H](O)C(C)CCC1. The number of aliphatic hydroxyl groups excluding tert-OH is 2. The number of ether oxygens (including phenoxy) is 1. The molecule has 36 heavy (non-hydrogen) atoms. The number of benzene rings is 1. The number of Topliss-reactive ketones (excluding diaryl/α,β-unsaturated/α-hetero) is 1. The Balaban J connectivity index is 1.93. The predicted octanol–water partition coefficient (Wildman–Crippen LogP) is 4.97. The number of hydrogen-bond donors (Lipinski definition) is 2. The molecule has 1 aliphatic rings. The van der Waals surface area contributed by atoms with Gasteiger partial charge in [-0.3, -0.25) is 9.59 Å². The van der Waals surface area contributed by atoms with Crippen molar-refractivity contribution in [3.8, 4) is 0 Å². The lowest BCUT2D eigenvalue weighted by atomic mass is 9.73. The minimum Gasteiger partial charge on any atom is -0.457 e. The molecule has 0 spiro atoms. The molecule has 3 unspecified atom stereocenters. The van der Waals surface area contributed by atoms with E-state index in [1.165, 1.54) is 5.57 Å². The smallest absolute Gasteiger partial charge is 0.309 e. The van der Waals surface area contributed by atoms with E-state index in [9.17, 15) is 19.8 Å². The standard InChI is InChI=1S/C29H42N2O5/c1-17-9-8-10-18(2)27(34)19(3)28(35)29(5,6)25(32)16-26(33)36-24(14-11-17)21-12-13-23-22(15-21)30-20(4)31(23)7/h11-13,15,18-19,24-25,27,32,34H,8-10,14,16H2,1-7H3/t18?,19?,24-,25?,27-/m0/s1. The molecule has 3 rings (SSSR count). The third-order valence-electron chi connectivity index (χ3n) is 8.02. The fraction of sp³-hybridized carbons (Fsp3) is 0.621. The molecule has 0 radical (unpaired) electrons. The van der Waals surface area contributed by atoms with Crippen molar-refractivity contribution < 1.29 is 24.5 Å². The van der Waals surface area contributed by atoms with Crippen LogP contribution in [0.25, 0.3) is 11.0 Å². The molecule has 0 amide bonds. The second-order valence-corrected chi connectivity index (χ2v) is 11.2. The third-order valence-corrected chi connectivity index (χ3v) is 8.02. The summed E-state index contributed by atoms with van der Waals surface area (Å²) >= 11 is 0. The molecule has 2 aromatic rings. The molecule has 2 heterocycles. The van der Waals surface area contributed by atoms with E-state index in [0.29, 0.717) is 6.42 Å². The third kappa shape index (κ3) is 6.06. The number of hydrogen-bond acceptors (Lipinski definition) is 6. The normalized spacial score (nSPS) is 29.1. The maximum atomic E-state index is 13.2. The summed E-state index contributed by atoms with van der Waals surface area (Å²) in [6.07, 6.45) is 2.28. The lowest BCUT2D eigenvalue weighted by Gasteiger charge is -2.34. The summed E-state index contributed by atoms with van der Waals surface area (Å²) in [5.41, 5.74) is 2.67. The first-order valence-electron chi connectivity index (χ1n) is 13.0. The van der Waals surface area contributed by atoms with Gasteiger partial charge in [-0.2, -0.15) is 0 Å². The summed E-state index contributed by atoms with van der Waals surface area (Å²) in [6, 6.07) is 5.90. The average Bonchev–Trinajstić information content (AvgIpc) is 3.11. The minimum atomic E-state index is -1.23.